The van der Waals surface area contributed by atoms with Crippen molar-refractivity contribution in [2.75, 3.05) is 18.4 Å². The fraction of sp³-hybridized carbons (Fsp3) is 0.333. The number of halogens is 2. The highest BCUT2D eigenvalue weighted by molar-refractivity contribution is 5.95. The summed E-state index contributed by atoms with van der Waals surface area (Å²) in [5, 5.41) is 2.94. The maximum Gasteiger partial charge on any atom is 0.255 e. The van der Waals surface area contributed by atoms with Gasteiger partial charge in [-0.1, -0.05) is 12.8 Å². The molecule has 1 fully saturated rings. The zero-order chi connectivity index (χ0) is 16.9. The van der Waals surface area contributed by atoms with Crippen LogP contribution >= 0.6 is 0 Å². The van der Waals surface area contributed by atoms with Crippen LogP contribution in [0, 0.1) is 11.6 Å². The molecule has 1 N–H and O–H groups in total. The predicted octanol–water partition coefficient (Wildman–Crippen LogP) is 4.12. The number of hydrogen-bond donors (Lipinski definition) is 1. The van der Waals surface area contributed by atoms with E-state index in [4.69, 9.17) is 0 Å². The first kappa shape index (κ1) is 16.4. The molecule has 0 radical (unpaired) electrons. The van der Waals surface area contributed by atoms with Gasteiger partial charge in [-0.3, -0.25) is 9.78 Å². The van der Waals surface area contributed by atoms with Gasteiger partial charge in [-0.05, 0) is 31.0 Å². The standard InChI is InChI=1S/C18H19F2N3O/c19-16-6-5-14(10-17(16)20)22-15-9-13(11-21-12-15)18(24)23-7-3-1-2-4-8-23/h5-6,9-12,22H,1-4,7-8H2. The van der Waals surface area contributed by atoms with Crippen LogP contribution in [0.2, 0.25) is 0 Å². The lowest BCUT2D eigenvalue weighted by Gasteiger charge is -2.20. The Morgan fingerprint density at radius 2 is 1.71 bits per heavy atom. The number of nitrogens with one attached hydrogen (secondary N) is 1. The highest BCUT2D eigenvalue weighted by Gasteiger charge is 2.18. The molecule has 0 saturated carbocycles. The lowest BCUT2D eigenvalue weighted by molar-refractivity contribution is 0.0761. The average Bonchev–Trinajstić information content (AvgIpc) is 2.87. The summed E-state index contributed by atoms with van der Waals surface area (Å²) in [4.78, 5) is 18.5. The van der Waals surface area contributed by atoms with Crippen LogP contribution in [0.3, 0.4) is 0 Å². The summed E-state index contributed by atoms with van der Waals surface area (Å²) in [7, 11) is 0. The molecule has 1 aliphatic rings. The number of pyridine rings is 1. The number of amides is 1. The summed E-state index contributed by atoms with van der Waals surface area (Å²) in [5.74, 6) is -1.87. The van der Waals surface area contributed by atoms with Crippen molar-refractivity contribution in [3.63, 3.8) is 0 Å². The molecule has 1 amide bonds. The molecule has 3 rings (SSSR count). The molecular weight excluding hydrogens is 312 g/mol. The number of carbonyl (C=O) groups excluding carboxylic acids is 1. The van der Waals surface area contributed by atoms with Gasteiger partial charge >= 0.3 is 0 Å². The lowest BCUT2D eigenvalue weighted by atomic mass is 10.2. The minimum Gasteiger partial charge on any atom is -0.354 e. The number of anilines is 2. The van der Waals surface area contributed by atoms with E-state index in [1.54, 1.807) is 12.3 Å². The van der Waals surface area contributed by atoms with Gasteiger partial charge in [-0.25, -0.2) is 8.78 Å². The van der Waals surface area contributed by atoms with E-state index in [1.165, 1.54) is 12.3 Å². The van der Waals surface area contributed by atoms with Gasteiger partial charge in [0.1, 0.15) is 0 Å². The molecule has 0 bridgehead atoms. The van der Waals surface area contributed by atoms with Gasteiger partial charge in [-0.2, -0.15) is 0 Å². The molecular formula is C18H19F2N3O. The molecule has 126 valence electrons. The zero-order valence-electron chi connectivity index (χ0n) is 13.3. The second-order valence-electron chi connectivity index (χ2n) is 5.92. The summed E-state index contributed by atoms with van der Waals surface area (Å²) in [6.45, 7) is 1.53. The van der Waals surface area contributed by atoms with Gasteiger partial charge in [0.05, 0.1) is 17.4 Å². The van der Waals surface area contributed by atoms with Crippen LogP contribution in [0.25, 0.3) is 0 Å². The number of nitrogens with zero attached hydrogens (tertiary/aromatic N) is 2. The Labute approximate surface area is 139 Å². The van der Waals surface area contributed by atoms with Gasteiger partial charge in [0, 0.05) is 31.0 Å². The zero-order valence-corrected chi connectivity index (χ0v) is 13.3. The third kappa shape index (κ3) is 3.88. The quantitative estimate of drug-likeness (QED) is 0.920. The highest BCUT2D eigenvalue weighted by atomic mass is 19.2. The summed E-state index contributed by atoms with van der Waals surface area (Å²) < 4.78 is 26.3. The van der Waals surface area contributed by atoms with Crippen LogP contribution in [0.4, 0.5) is 20.2 Å². The largest absolute Gasteiger partial charge is 0.354 e. The third-order valence-corrected chi connectivity index (χ3v) is 4.09. The highest BCUT2D eigenvalue weighted by Crippen LogP contribution is 2.20. The second-order valence-corrected chi connectivity index (χ2v) is 5.92. The van der Waals surface area contributed by atoms with E-state index >= 15 is 0 Å². The van der Waals surface area contributed by atoms with E-state index in [9.17, 15) is 13.6 Å². The molecule has 6 heteroatoms. The SMILES string of the molecule is O=C(c1cncc(Nc2ccc(F)c(F)c2)c1)N1CCCCCC1. The molecule has 0 atom stereocenters. The number of aromatic nitrogens is 1. The molecule has 0 unspecified atom stereocenters. The number of carbonyl (C=O) groups is 1. The van der Waals surface area contributed by atoms with Crippen LogP contribution < -0.4 is 5.32 Å². The molecule has 24 heavy (non-hydrogen) atoms. The first-order valence-corrected chi connectivity index (χ1v) is 8.10. The van der Waals surface area contributed by atoms with Crippen molar-refractivity contribution < 1.29 is 13.6 Å². The molecule has 1 aromatic heterocycles. The summed E-state index contributed by atoms with van der Waals surface area (Å²) in [6.07, 6.45) is 7.42. The minimum absolute atomic E-state index is 0.0432. The molecule has 0 aliphatic carbocycles. The van der Waals surface area contributed by atoms with Crippen molar-refractivity contribution in [1.82, 2.24) is 9.88 Å². The van der Waals surface area contributed by atoms with Crippen molar-refractivity contribution >= 4 is 17.3 Å². The molecule has 1 saturated heterocycles. The lowest BCUT2D eigenvalue weighted by Crippen LogP contribution is -2.31. The Balaban J connectivity index is 1.75. The number of likely N-dealkylation sites (tertiary alicyclic amines) is 1. The van der Waals surface area contributed by atoms with E-state index in [-0.39, 0.29) is 5.91 Å². The van der Waals surface area contributed by atoms with Crippen LogP contribution in [-0.2, 0) is 0 Å². The van der Waals surface area contributed by atoms with E-state index in [1.807, 2.05) is 4.90 Å². The number of rotatable bonds is 3. The summed E-state index contributed by atoms with van der Waals surface area (Å²) in [6, 6.07) is 5.24. The molecule has 1 aromatic carbocycles. The van der Waals surface area contributed by atoms with Crippen molar-refractivity contribution in [3.05, 3.63) is 53.9 Å². The topological polar surface area (TPSA) is 45.2 Å². The van der Waals surface area contributed by atoms with Gasteiger partial charge in [0.25, 0.3) is 5.91 Å². The molecule has 2 aromatic rings. The van der Waals surface area contributed by atoms with E-state index < -0.39 is 11.6 Å². The number of benzene rings is 1. The molecule has 2 heterocycles. The Morgan fingerprint density at radius 3 is 2.42 bits per heavy atom. The molecule has 4 nitrogen and oxygen atoms in total. The maximum atomic E-state index is 13.3. The van der Waals surface area contributed by atoms with Crippen molar-refractivity contribution in [2.24, 2.45) is 0 Å². The minimum atomic E-state index is -0.926. The van der Waals surface area contributed by atoms with Crippen LogP contribution in [0.1, 0.15) is 36.0 Å². The predicted molar refractivity (Wildman–Crippen MR) is 88.2 cm³/mol. The maximum absolute atomic E-state index is 13.3. The van der Waals surface area contributed by atoms with Gasteiger partial charge in [0.15, 0.2) is 11.6 Å². The van der Waals surface area contributed by atoms with E-state index in [0.717, 1.165) is 50.9 Å². The van der Waals surface area contributed by atoms with Crippen LogP contribution in [0.15, 0.2) is 36.7 Å². The molecule has 1 aliphatic heterocycles. The monoisotopic (exact) mass is 331 g/mol. The summed E-state index contributed by atoms with van der Waals surface area (Å²) >= 11 is 0. The van der Waals surface area contributed by atoms with Crippen LogP contribution in [0.5, 0.6) is 0 Å². The van der Waals surface area contributed by atoms with E-state index in [0.29, 0.717) is 16.9 Å². The third-order valence-electron chi connectivity index (χ3n) is 4.09. The Hall–Kier alpha value is -2.50. The fourth-order valence-corrected chi connectivity index (χ4v) is 2.82. The Bertz CT molecular complexity index is 728. The van der Waals surface area contributed by atoms with Gasteiger partial charge < -0.3 is 10.2 Å². The van der Waals surface area contributed by atoms with Crippen molar-refractivity contribution in [3.8, 4) is 0 Å². The first-order chi connectivity index (χ1) is 11.6. The van der Waals surface area contributed by atoms with Gasteiger partial charge in [-0.15, -0.1) is 0 Å². The first-order valence-electron chi connectivity index (χ1n) is 8.10. The van der Waals surface area contributed by atoms with Crippen LogP contribution in [-0.4, -0.2) is 28.9 Å². The second kappa shape index (κ2) is 7.38. The average molecular weight is 331 g/mol. The van der Waals surface area contributed by atoms with Gasteiger partial charge in [0.2, 0.25) is 0 Å². The Kier molecular flexibility index (Phi) is 5.03. The van der Waals surface area contributed by atoms with Crippen molar-refractivity contribution in [1.29, 1.82) is 0 Å². The fourth-order valence-electron chi connectivity index (χ4n) is 2.82. The number of hydrogen-bond acceptors (Lipinski definition) is 3. The summed E-state index contributed by atoms with van der Waals surface area (Å²) in [5.41, 5.74) is 1.45. The Morgan fingerprint density at radius 1 is 0.958 bits per heavy atom. The van der Waals surface area contributed by atoms with E-state index in [2.05, 4.69) is 10.3 Å². The normalized spacial score (nSPS) is 15.0. The molecule has 0 spiro atoms. The smallest absolute Gasteiger partial charge is 0.255 e. The van der Waals surface area contributed by atoms with Crippen molar-refractivity contribution in [2.45, 2.75) is 25.7 Å².